The van der Waals surface area contributed by atoms with Gasteiger partial charge >= 0.3 is 0 Å². The zero-order chi connectivity index (χ0) is 15.8. The van der Waals surface area contributed by atoms with Crippen molar-refractivity contribution < 1.29 is 4.79 Å². The van der Waals surface area contributed by atoms with Gasteiger partial charge in [0.1, 0.15) is 0 Å². The van der Waals surface area contributed by atoms with Crippen LogP contribution in [0.5, 0.6) is 0 Å². The SMILES string of the molecule is CCc1ccc(CC(=O)NCCCc2ccc(Cl)cc2)cc1. The van der Waals surface area contributed by atoms with Gasteiger partial charge in [0.25, 0.3) is 0 Å². The number of aryl methyl sites for hydroxylation is 2. The summed E-state index contributed by atoms with van der Waals surface area (Å²) in [6.07, 6.45) is 3.35. The van der Waals surface area contributed by atoms with E-state index in [2.05, 4.69) is 24.4 Å². The Morgan fingerprint density at radius 1 is 0.955 bits per heavy atom. The molecule has 0 aromatic heterocycles. The summed E-state index contributed by atoms with van der Waals surface area (Å²) < 4.78 is 0. The molecule has 0 heterocycles. The van der Waals surface area contributed by atoms with Crippen LogP contribution in [0.25, 0.3) is 0 Å². The van der Waals surface area contributed by atoms with Gasteiger partial charge in [-0.2, -0.15) is 0 Å². The average molecular weight is 316 g/mol. The fourth-order valence-electron chi connectivity index (χ4n) is 2.31. The third-order valence-corrected chi connectivity index (χ3v) is 3.93. The topological polar surface area (TPSA) is 29.1 Å². The molecule has 0 saturated heterocycles. The number of carbonyl (C=O) groups excluding carboxylic acids is 1. The maximum absolute atomic E-state index is 11.9. The van der Waals surface area contributed by atoms with Crippen LogP contribution in [0.15, 0.2) is 48.5 Å². The number of rotatable bonds is 7. The van der Waals surface area contributed by atoms with Crippen LogP contribution in [0, 0.1) is 0 Å². The molecule has 116 valence electrons. The number of halogens is 1. The lowest BCUT2D eigenvalue weighted by molar-refractivity contribution is -0.120. The smallest absolute Gasteiger partial charge is 0.224 e. The van der Waals surface area contributed by atoms with Crippen molar-refractivity contribution in [3.05, 3.63) is 70.2 Å². The van der Waals surface area contributed by atoms with Gasteiger partial charge in [-0.15, -0.1) is 0 Å². The van der Waals surface area contributed by atoms with Gasteiger partial charge in [-0.05, 0) is 48.1 Å². The Hall–Kier alpha value is -1.80. The number of amides is 1. The molecule has 0 aliphatic rings. The molecule has 22 heavy (non-hydrogen) atoms. The highest BCUT2D eigenvalue weighted by atomic mass is 35.5. The van der Waals surface area contributed by atoms with E-state index in [9.17, 15) is 4.79 Å². The first-order valence-electron chi connectivity index (χ1n) is 7.76. The molecule has 1 amide bonds. The molecule has 0 saturated carbocycles. The van der Waals surface area contributed by atoms with Gasteiger partial charge < -0.3 is 5.32 Å². The highest BCUT2D eigenvalue weighted by molar-refractivity contribution is 6.30. The van der Waals surface area contributed by atoms with Crippen molar-refractivity contribution in [2.45, 2.75) is 32.6 Å². The Morgan fingerprint density at radius 3 is 2.18 bits per heavy atom. The molecule has 0 aliphatic carbocycles. The Balaban J connectivity index is 1.67. The summed E-state index contributed by atoms with van der Waals surface area (Å²) in [5.74, 6) is 0.0837. The van der Waals surface area contributed by atoms with Gasteiger partial charge in [-0.1, -0.05) is 54.9 Å². The van der Waals surface area contributed by atoms with Crippen molar-refractivity contribution in [3.8, 4) is 0 Å². The van der Waals surface area contributed by atoms with Crippen LogP contribution >= 0.6 is 11.6 Å². The van der Waals surface area contributed by atoms with Gasteiger partial charge in [-0.25, -0.2) is 0 Å². The third kappa shape index (κ3) is 5.53. The molecule has 0 atom stereocenters. The fourth-order valence-corrected chi connectivity index (χ4v) is 2.44. The highest BCUT2D eigenvalue weighted by Crippen LogP contribution is 2.10. The summed E-state index contributed by atoms with van der Waals surface area (Å²) in [6.45, 7) is 2.83. The molecule has 2 rings (SSSR count). The first-order chi connectivity index (χ1) is 10.7. The van der Waals surface area contributed by atoms with Gasteiger partial charge in [0.2, 0.25) is 5.91 Å². The van der Waals surface area contributed by atoms with Crippen LogP contribution in [0.3, 0.4) is 0 Å². The van der Waals surface area contributed by atoms with Crippen molar-refractivity contribution in [1.29, 1.82) is 0 Å². The summed E-state index contributed by atoms with van der Waals surface area (Å²) in [6, 6.07) is 16.1. The molecule has 2 nitrogen and oxygen atoms in total. The minimum absolute atomic E-state index is 0.0837. The van der Waals surface area contributed by atoms with E-state index >= 15 is 0 Å². The molecule has 1 N–H and O–H groups in total. The molecule has 0 bridgehead atoms. The lowest BCUT2D eigenvalue weighted by Gasteiger charge is -2.06. The molecular weight excluding hydrogens is 294 g/mol. The molecule has 2 aromatic rings. The Kier molecular flexibility index (Phi) is 6.47. The van der Waals surface area contributed by atoms with Crippen LogP contribution in [-0.4, -0.2) is 12.5 Å². The minimum atomic E-state index is 0.0837. The second-order valence-electron chi connectivity index (χ2n) is 5.43. The van der Waals surface area contributed by atoms with E-state index in [4.69, 9.17) is 11.6 Å². The average Bonchev–Trinajstić information content (AvgIpc) is 2.54. The van der Waals surface area contributed by atoms with Gasteiger partial charge in [0, 0.05) is 11.6 Å². The molecule has 0 radical (unpaired) electrons. The molecule has 0 unspecified atom stereocenters. The van der Waals surface area contributed by atoms with Crippen LogP contribution in [0.2, 0.25) is 5.02 Å². The number of benzene rings is 2. The van der Waals surface area contributed by atoms with E-state index in [1.807, 2.05) is 36.4 Å². The number of carbonyl (C=O) groups is 1. The van der Waals surface area contributed by atoms with E-state index in [-0.39, 0.29) is 5.91 Å². The molecule has 0 spiro atoms. The van der Waals surface area contributed by atoms with E-state index in [0.717, 1.165) is 29.8 Å². The molecule has 3 heteroatoms. The first-order valence-corrected chi connectivity index (χ1v) is 8.14. The maximum Gasteiger partial charge on any atom is 0.224 e. The Bertz CT molecular complexity index is 590. The van der Waals surface area contributed by atoms with Gasteiger partial charge in [0.05, 0.1) is 6.42 Å². The van der Waals surface area contributed by atoms with Crippen LogP contribution in [0.1, 0.15) is 30.0 Å². The number of hydrogen-bond acceptors (Lipinski definition) is 1. The maximum atomic E-state index is 11.9. The highest BCUT2D eigenvalue weighted by Gasteiger charge is 2.03. The van der Waals surface area contributed by atoms with E-state index in [0.29, 0.717) is 13.0 Å². The summed E-state index contributed by atoms with van der Waals surface area (Å²) in [4.78, 5) is 11.9. The van der Waals surface area contributed by atoms with Crippen LogP contribution in [0.4, 0.5) is 0 Å². The summed E-state index contributed by atoms with van der Waals surface area (Å²) in [5.41, 5.74) is 3.60. The lowest BCUT2D eigenvalue weighted by atomic mass is 10.1. The summed E-state index contributed by atoms with van der Waals surface area (Å²) >= 11 is 5.85. The van der Waals surface area contributed by atoms with Crippen molar-refractivity contribution >= 4 is 17.5 Å². The minimum Gasteiger partial charge on any atom is -0.356 e. The molecule has 0 aliphatic heterocycles. The first kappa shape index (κ1) is 16.6. The van der Waals surface area contributed by atoms with Crippen molar-refractivity contribution in [2.24, 2.45) is 0 Å². The molecule has 0 fully saturated rings. The van der Waals surface area contributed by atoms with Crippen molar-refractivity contribution in [3.63, 3.8) is 0 Å². The predicted molar refractivity (Wildman–Crippen MR) is 92.3 cm³/mol. The van der Waals surface area contributed by atoms with Crippen LogP contribution in [-0.2, 0) is 24.1 Å². The Morgan fingerprint density at radius 2 is 1.55 bits per heavy atom. The summed E-state index contributed by atoms with van der Waals surface area (Å²) in [7, 11) is 0. The number of nitrogens with one attached hydrogen (secondary N) is 1. The molecule has 2 aromatic carbocycles. The number of hydrogen-bond donors (Lipinski definition) is 1. The zero-order valence-electron chi connectivity index (χ0n) is 12.9. The van der Waals surface area contributed by atoms with E-state index < -0.39 is 0 Å². The third-order valence-electron chi connectivity index (χ3n) is 3.67. The van der Waals surface area contributed by atoms with E-state index in [1.54, 1.807) is 0 Å². The molecular formula is C19H22ClNO. The largest absolute Gasteiger partial charge is 0.356 e. The van der Waals surface area contributed by atoms with Crippen LogP contribution < -0.4 is 5.32 Å². The zero-order valence-corrected chi connectivity index (χ0v) is 13.7. The second-order valence-corrected chi connectivity index (χ2v) is 5.86. The van der Waals surface area contributed by atoms with E-state index in [1.165, 1.54) is 11.1 Å². The Labute approximate surface area is 137 Å². The lowest BCUT2D eigenvalue weighted by Crippen LogP contribution is -2.26. The predicted octanol–water partition coefficient (Wildman–Crippen LogP) is 4.19. The van der Waals surface area contributed by atoms with Crippen molar-refractivity contribution in [1.82, 2.24) is 5.32 Å². The monoisotopic (exact) mass is 315 g/mol. The van der Waals surface area contributed by atoms with Crippen molar-refractivity contribution in [2.75, 3.05) is 6.54 Å². The standard InChI is InChI=1S/C19H22ClNO/c1-2-15-5-7-17(8-6-15)14-19(22)21-13-3-4-16-9-11-18(20)12-10-16/h5-12H,2-4,13-14H2,1H3,(H,21,22). The quantitative estimate of drug-likeness (QED) is 0.762. The van der Waals surface area contributed by atoms with Gasteiger partial charge in [0.15, 0.2) is 0 Å². The second kappa shape index (κ2) is 8.60. The summed E-state index contributed by atoms with van der Waals surface area (Å²) in [5, 5.41) is 3.73. The van der Waals surface area contributed by atoms with Gasteiger partial charge in [-0.3, -0.25) is 4.79 Å². The normalized spacial score (nSPS) is 10.5. The fraction of sp³-hybridized carbons (Fsp3) is 0.316.